The maximum absolute atomic E-state index is 10.8. The molecule has 0 atom stereocenters. The van der Waals surface area contributed by atoms with Crippen molar-refractivity contribution in [2.75, 3.05) is 0 Å². The summed E-state index contributed by atoms with van der Waals surface area (Å²) in [4.78, 5) is 10.8. The molecule has 0 saturated carbocycles. The number of hydrogen-bond acceptors (Lipinski definition) is 2. The summed E-state index contributed by atoms with van der Waals surface area (Å²) in [6, 6.07) is 6.25. The van der Waals surface area contributed by atoms with Gasteiger partial charge in [-0.05, 0) is 32.0 Å². The van der Waals surface area contributed by atoms with Crippen molar-refractivity contribution >= 4 is 17.6 Å². The van der Waals surface area contributed by atoms with Crippen LogP contribution in [-0.4, -0.2) is 20.7 Å². The molecule has 2 rings (SSSR count). The number of hydrogen-bond donors (Lipinski definition) is 2. The smallest absolute Gasteiger partial charge is 0.339 e. The van der Waals surface area contributed by atoms with Crippen LogP contribution in [0.1, 0.15) is 21.7 Å². The fourth-order valence-corrected chi connectivity index (χ4v) is 2.20. The number of phenols is 1. The van der Waals surface area contributed by atoms with Crippen molar-refractivity contribution in [1.29, 1.82) is 0 Å². The molecule has 5 heteroatoms. The largest absolute Gasteiger partial charge is 0.507 e. The molecule has 0 unspecified atom stereocenters. The van der Waals surface area contributed by atoms with Gasteiger partial charge in [-0.2, -0.15) is 0 Å². The Morgan fingerprint density at radius 2 is 1.94 bits per heavy atom. The van der Waals surface area contributed by atoms with E-state index in [1.54, 1.807) is 6.07 Å². The number of benzene rings is 1. The van der Waals surface area contributed by atoms with E-state index >= 15 is 0 Å². The van der Waals surface area contributed by atoms with Crippen molar-refractivity contribution in [2.24, 2.45) is 0 Å². The second-order valence-electron chi connectivity index (χ2n) is 4.06. The lowest BCUT2D eigenvalue weighted by Gasteiger charge is -2.10. The molecule has 1 aromatic carbocycles. The molecule has 18 heavy (non-hydrogen) atoms. The standard InChI is InChI=1S/C13H12ClNO3/c1-7-5-11(14)8(2)15(7)9-3-4-10(13(17)18)12(16)6-9/h3-6,16H,1-2H3,(H,17,18). The number of aromatic hydroxyl groups is 1. The van der Waals surface area contributed by atoms with Crippen molar-refractivity contribution in [3.05, 3.63) is 46.2 Å². The van der Waals surface area contributed by atoms with Gasteiger partial charge in [0.2, 0.25) is 0 Å². The third kappa shape index (κ3) is 1.95. The predicted molar refractivity (Wildman–Crippen MR) is 68.9 cm³/mol. The zero-order valence-corrected chi connectivity index (χ0v) is 10.7. The fourth-order valence-electron chi connectivity index (χ4n) is 1.96. The Labute approximate surface area is 109 Å². The SMILES string of the molecule is Cc1cc(Cl)c(C)n1-c1ccc(C(=O)O)c(O)c1. The molecule has 0 spiro atoms. The second-order valence-corrected chi connectivity index (χ2v) is 4.47. The predicted octanol–water partition coefficient (Wildman–Crippen LogP) is 3.15. The van der Waals surface area contributed by atoms with Crippen LogP contribution in [0.5, 0.6) is 5.75 Å². The number of carboxylic acid groups (broad SMARTS) is 1. The van der Waals surface area contributed by atoms with E-state index in [0.717, 1.165) is 11.4 Å². The third-order valence-corrected chi connectivity index (χ3v) is 3.22. The molecule has 4 nitrogen and oxygen atoms in total. The molecule has 0 saturated heterocycles. The van der Waals surface area contributed by atoms with Crippen LogP contribution in [-0.2, 0) is 0 Å². The minimum absolute atomic E-state index is 0.118. The normalized spacial score (nSPS) is 10.6. The molecule has 0 fully saturated rings. The number of rotatable bonds is 2. The third-order valence-electron chi connectivity index (χ3n) is 2.84. The van der Waals surface area contributed by atoms with Crippen molar-refractivity contribution < 1.29 is 15.0 Å². The zero-order valence-electron chi connectivity index (χ0n) is 9.94. The Morgan fingerprint density at radius 1 is 1.28 bits per heavy atom. The van der Waals surface area contributed by atoms with Gasteiger partial charge in [-0.15, -0.1) is 0 Å². The minimum Gasteiger partial charge on any atom is -0.507 e. The Bertz CT molecular complexity index is 631. The molecule has 1 heterocycles. The Morgan fingerprint density at radius 3 is 2.39 bits per heavy atom. The highest BCUT2D eigenvalue weighted by atomic mass is 35.5. The number of aromatic carboxylic acids is 1. The minimum atomic E-state index is -1.15. The highest BCUT2D eigenvalue weighted by Gasteiger charge is 2.13. The monoisotopic (exact) mass is 265 g/mol. The van der Waals surface area contributed by atoms with Gasteiger partial charge in [0.25, 0.3) is 0 Å². The Kier molecular flexibility index (Phi) is 3.05. The number of aryl methyl sites for hydroxylation is 1. The lowest BCUT2D eigenvalue weighted by molar-refractivity contribution is 0.0694. The van der Waals surface area contributed by atoms with Gasteiger partial charge in [0.05, 0.1) is 5.02 Å². The number of halogens is 1. The highest BCUT2D eigenvalue weighted by molar-refractivity contribution is 6.31. The summed E-state index contributed by atoms with van der Waals surface area (Å²) in [5.74, 6) is -1.42. The van der Waals surface area contributed by atoms with E-state index in [1.165, 1.54) is 12.1 Å². The van der Waals surface area contributed by atoms with E-state index in [9.17, 15) is 9.90 Å². The summed E-state index contributed by atoms with van der Waals surface area (Å²) >= 11 is 6.03. The summed E-state index contributed by atoms with van der Waals surface area (Å²) < 4.78 is 1.85. The van der Waals surface area contributed by atoms with Gasteiger partial charge in [-0.1, -0.05) is 11.6 Å². The quantitative estimate of drug-likeness (QED) is 0.877. The molecule has 2 N–H and O–H groups in total. The van der Waals surface area contributed by atoms with E-state index in [-0.39, 0.29) is 11.3 Å². The van der Waals surface area contributed by atoms with Crippen LogP contribution >= 0.6 is 11.6 Å². The molecule has 2 aromatic rings. The first-order chi connectivity index (χ1) is 8.41. The Hall–Kier alpha value is -1.94. The summed E-state index contributed by atoms with van der Waals surface area (Å²) in [7, 11) is 0. The van der Waals surface area contributed by atoms with Gasteiger partial charge in [0.15, 0.2) is 0 Å². The van der Waals surface area contributed by atoms with Gasteiger partial charge >= 0.3 is 5.97 Å². The summed E-state index contributed by atoms with van der Waals surface area (Å²) in [5, 5.41) is 19.2. The topological polar surface area (TPSA) is 62.5 Å². The van der Waals surface area contributed by atoms with Gasteiger partial charge in [0, 0.05) is 23.1 Å². The van der Waals surface area contributed by atoms with E-state index in [4.69, 9.17) is 16.7 Å². The van der Waals surface area contributed by atoms with E-state index in [0.29, 0.717) is 10.7 Å². The molecule has 0 amide bonds. The average Bonchev–Trinajstić information content (AvgIpc) is 2.52. The maximum atomic E-state index is 10.8. The summed E-state index contributed by atoms with van der Waals surface area (Å²) in [5.41, 5.74) is 2.32. The first kappa shape index (κ1) is 12.5. The number of carboxylic acids is 1. The highest BCUT2D eigenvalue weighted by Crippen LogP contribution is 2.27. The molecule has 0 aliphatic heterocycles. The summed E-state index contributed by atoms with van der Waals surface area (Å²) in [6.07, 6.45) is 0. The van der Waals surface area contributed by atoms with Gasteiger partial charge in [0.1, 0.15) is 11.3 Å². The first-order valence-electron chi connectivity index (χ1n) is 5.33. The van der Waals surface area contributed by atoms with E-state index in [2.05, 4.69) is 0 Å². The molecule has 94 valence electrons. The number of nitrogens with zero attached hydrogens (tertiary/aromatic N) is 1. The summed E-state index contributed by atoms with van der Waals surface area (Å²) in [6.45, 7) is 3.75. The van der Waals surface area contributed by atoms with Gasteiger partial charge < -0.3 is 14.8 Å². The van der Waals surface area contributed by atoms with Crippen LogP contribution in [0.4, 0.5) is 0 Å². The van der Waals surface area contributed by atoms with Crippen LogP contribution in [0.25, 0.3) is 5.69 Å². The molecule has 1 aromatic heterocycles. The van der Waals surface area contributed by atoms with Crippen LogP contribution in [0.3, 0.4) is 0 Å². The maximum Gasteiger partial charge on any atom is 0.339 e. The average molecular weight is 266 g/mol. The Balaban J connectivity index is 2.59. The van der Waals surface area contributed by atoms with E-state index < -0.39 is 5.97 Å². The molecule has 0 radical (unpaired) electrons. The van der Waals surface area contributed by atoms with Crippen molar-refractivity contribution in [1.82, 2.24) is 4.57 Å². The van der Waals surface area contributed by atoms with Crippen molar-refractivity contribution in [2.45, 2.75) is 13.8 Å². The molecule has 0 bridgehead atoms. The number of carbonyl (C=O) groups is 1. The fraction of sp³-hybridized carbons (Fsp3) is 0.154. The van der Waals surface area contributed by atoms with Crippen LogP contribution in [0, 0.1) is 13.8 Å². The van der Waals surface area contributed by atoms with Gasteiger partial charge in [-0.3, -0.25) is 0 Å². The molecule has 0 aliphatic rings. The lowest BCUT2D eigenvalue weighted by atomic mass is 10.2. The molecular formula is C13H12ClNO3. The molecular weight excluding hydrogens is 254 g/mol. The van der Waals surface area contributed by atoms with Crippen LogP contribution in [0.15, 0.2) is 24.3 Å². The van der Waals surface area contributed by atoms with Crippen LogP contribution in [0.2, 0.25) is 5.02 Å². The first-order valence-corrected chi connectivity index (χ1v) is 5.70. The second kappa shape index (κ2) is 4.38. The van der Waals surface area contributed by atoms with Crippen molar-refractivity contribution in [3.8, 4) is 11.4 Å². The van der Waals surface area contributed by atoms with Crippen molar-refractivity contribution in [3.63, 3.8) is 0 Å². The number of aromatic nitrogens is 1. The zero-order chi connectivity index (χ0) is 13.4. The van der Waals surface area contributed by atoms with Gasteiger partial charge in [-0.25, -0.2) is 4.79 Å². The lowest BCUT2D eigenvalue weighted by Crippen LogP contribution is -2.01. The molecule has 0 aliphatic carbocycles. The van der Waals surface area contributed by atoms with E-state index in [1.807, 2.05) is 24.5 Å². The van der Waals surface area contributed by atoms with Crippen LogP contribution < -0.4 is 0 Å².